The van der Waals surface area contributed by atoms with Gasteiger partial charge >= 0.3 is 0 Å². The Kier molecular flexibility index (Phi) is 6.33. The van der Waals surface area contributed by atoms with Crippen molar-refractivity contribution >= 4 is 28.1 Å². The van der Waals surface area contributed by atoms with Crippen LogP contribution in [0.4, 0.5) is 4.39 Å². The Morgan fingerprint density at radius 3 is 2.59 bits per heavy atom. The zero-order chi connectivity index (χ0) is 19.1. The Morgan fingerprint density at radius 1 is 1.07 bits per heavy atom. The summed E-state index contributed by atoms with van der Waals surface area (Å²) in [6.07, 6.45) is 1.26. The van der Waals surface area contributed by atoms with Crippen LogP contribution in [0.5, 0.6) is 5.75 Å². The maximum Gasteiger partial charge on any atom is 0.275 e. The third-order valence-electron chi connectivity index (χ3n) is 3.70. The molecule has 0 radical (unpaired) electrons. The number of rotatable bonds is 6. The summed E-state index contributed by atoms with van der Waals surface area (Å²) in [4.78, 5) is 12.5. The predicted molar refractivity (Wildman–Crippen MR) is 106 cm³/mol. The number of hydrazone groups is 1. The van der Waals surface area contributed by atoms with Crippen LogP contribution in [-0.2, 0) is 6.61 Å². The van der Waals surface area contributed by atoms with Gasteiger partial charge in [0.05, 0.1) is 11.8 Å². The molecule has 6 heteroatoms. The van der Waals surface area contributed by atoms with E-state index >= 15 is 0 Å². The van der Waals surface area contributed by atoms with Crippen LogP contribution >= 0.6 is 15.9 Å². The molecule has 27 heavy (non-hydrogen) atoms. The molecule has 0 fully saturated rings. The molecular weight excluding hydrogens is 411 g/mol. The fraction of sp³-hybridized carbons (Fsp3) is 0.0476. The van der Waals surface area contributed by atoms with Gasteiger partial charge in [0, 0.05) is 10.0 Å². The molecule has 4 nitrogen and oxygen atoms in total. The summed E-state index contributed by atoms with van der Waals surface area (Å²) >= 11 is 3.35. The number of benzene rings is 3. The van der Waals surface area contributed by atoms with E-state index in [-0.39, 0.29) is 5.56 Å². The summed E-state index contributed by atoms with van der Waals surface area (Å²) in [7, 11) is 0. The van der Waals surface area contributed by atoms with E-state index in [4.69, 9.17) is 4.74 Å². The third-order valence-corrected chi connectivity index (χ3v) is 4.19. The molecule has 1 N–H and O–H groups in total. The number of nitrogens with zero attached hydrogens (tertiary/aromatic N) is 1. The van der Waals surface area contributed by atoms with Crippen LogP contribution in [0.25, 0.3) is 0 Å². The average molecular weight is 427 g/mol. The van der Waals surface area contributed by atoms with Crippen LogP contribution in [0.3, 0.4) is 0 Å². The van der Waals surface area contributed by atoms with E-state index in [1.807, 2.05) is 30.3 Å². The number of nitrogens with one attached hydrogen (secondary N) is 1. The molecule has 0 saturated heterocycles. The fourth-order valence-corrected chi connectivity index (χ4v) is 2.70. The van der Waals surface area contributed by atoms with Crippen LogP contribution in [0.2, 0.25) is 0 Å². The summed E-state index contributed by atoms with van der Waals surface area (Å²) in [6, 6.07) is 21.0. The first kappa shape index (κ1) is 18.8. The molecule has 0 aromatic heterocycles. The van der Waals surface area contributed by atoms with Crippen molar-refractivity contribution in [3.63, 3.8) is 0 Å². The number of amides is 1. The molecule has 3 rings (SSSR count). The molecular formula is C21H16BrFN2O2. The highest BCUT2D eigenvalue weighted by Gasteiger charge is 2.13. The van der Waals surface area contributed by atoms with Gasteiger partial charge in [-0.1, -0.05) is 64.5 Å². The van der Waals surface area contributed by atoms with Crippen molar-refractivity contribution in [3.8, 4) is 5.75 Å². The van der Waals surface area contributed by atoms with Crippen molar-refractivity contribution in [1.29, 1.82) is 0 Å². The van der Waals surface area contributed by atoms with Gasteiger partial charge in [-0.2, -0.15) is 5.10 Å². The Morgan fingerprint density at radius 2 is 1.81 bits per heavy atom. The maximum absolute atomic E-state index is 13.6. The van der Waals surface area contributed by atoms with Gasteiger partial charge < -0.3 is 4.74 Å². The molecule has 3 aromatic rings. The van der Waals surface area contributed by atoms with E-state index in [2.05, 4.69) is 26.5 Å². The maximum atomic E-state index is 13.6. The second-order valence-corrected chi connectivity index (χ2v) is 6.55. The van der Waals surface area contributed by atoms with Crippen molar-refractivity contribution < 1.29 is 13.9 Å². The molecule has 0 aliphatic rings. The van der Waals surface area contributed by atoms with Crippen LogP contribution in [0.15, 0.2) is 82.4 Å². The van der Waals surface area contributed by atoms with Gasteiger partial charge in [0.15, 0.2) is 0 Å². The van der Waals surface area contributed by atoms with Gasteiger partial charge in [0.25, 0.3) is 5.91 Å². The molecule has 0 aliphatic heterocycles. The number of carbonyl (C=O) groups excluding carboxylic acids is 1. The lowest BCUT2D eigenvalue weighted by Gasteiger charge is -2.11. The lowest BCUT2D eigenvalue weighted by atomic mass is 10.2. The number of hydrogen-bond acceptors (Lipinski definition) is 3. The first-order chi connectivity index (χ1) is 13.1. The van der Waals surface area contributed by atoms with E-state index < -0.39 is 11.7 Å². The first-order valence-electron chi connectivity index (χ1n) is 8.17. The third kappa shape index (κ3) is 5.24. The van der Waals surface area contributed by atoms with E-state index in [1.54, 1.807) is 36.4 Å². The minimum Gasteiger partial charge on any atom is -0.488 e. The van der Waals surface area contributed by atoms with Gasteiger partial charge in [-0.05, 0) is 29.8 Å². The van der Waals surface area contributed by atoms with Gasteiger partial charge in [0.2, 0.25) is 0 Å². The van der Waals surface area contributed by atoms with E-state index in [1.165, 1.54) is 12.3 Å². The molecule has 3 aromatic carbocycles. The molecule has 0 spiro atoms. The minimum absolute atomic E-state index is 0.285. The van der Waals surface area contributed by atoms with Crippen molar-refractivity contribution in [1.82, 2.24) is 5.43 Å². The molecule has 0 bridgehead atoms. The predicted octanol–water partition coefficient (Wildman–Crippen LogP) is 4.93. The minimum atomic E-state index is -0.452. The topological polar surface area (TPSA) is 50.7 Å². The molecule has 0 aliphatic carbocycles. The largest absolute Gasteiger partial charge is 0.488 e. The molecule has 0 saturated carbocycles. The summed E-state index contributed by atoms with van der Waals surface area (Å²) in [5, 5.41) is 3.83. The van der Waals surface area contributed by atoms with Crippen molar-refractivity contribution in [3.05, 3.63) is 99.8 Å². The number of halogens is 2. The quantitative estimate of drug-likeness (QED) is 0.448. The smallest absolute Gasteiger partial charge is 0.275 e. The molecule has 0 unspecified atom stereocenters. The number of carbonyl (C=O) groups is 1. The SMILES string of the molecule is O=C(N/N=C/c1ccccc1F)c1cc(Br)ccc1OCc1ccccc1. The van der Waals surface area contributed by atoms with Crippen LogP contribution < -0.4 is 10.2 Å². The monoisotopic (exact) mass is 426 g/mol. The highest BCUT2D eigenvalue weighted by molar-refractivity contribution is 9.10. The second kappa shape index (κ2) is 9.09. The summed E-state index contributed by atoms with van der Waals surface area (Å²) in [6.45, 7) is 0.335. The Labute approximate surface area is 164 Å². The molecule has 136 valence electrons. The van der Waals surface area contributed by atoms with Crippen LogP contribution in [-0.4, -0.2) is 12.1 Å². The van der Waals surface area contributed by atoms with Gasteiger partial charge in [0.1, 0.15) is 18.2 Å². The standard InChI is InChI=1S/C21H16BrFN2O2/c22-17-10-11-20(27-14-15-6-2-1-3-7-15)18(12-17)21(26)25-24-13-16-8-4-5-9-19(16)23/h1-13H,14H2,(H,25,26)/b24-13+. The normalized spacial score (nSPS) is 10.7. The average Bonchev–Trinajstić information content (AvgIpc) is 2.69. The molecule has 0 atom stereocenters. The Hall–Kier alpha value is -2.99. The molecule has 0 heterocycles. The zero-order valence-corrected chi connectivity index (χ0v) is 15.8. The van der Waals surface area contributed by atoms with Crippen LogP contribution in [0, 0.1) is 5.82 Å². The second-order valence-electron chi connectivity index (χ2n) is 5.64. The summed E-state index contributed by atoms with van der Waals surface area (Å²) in [5.74, 6) is -0.433. The van der Waals surface area contributed by atoms with E-state index in [0.29, 0.717) is 17.9 Å². The van der Waals surface area contributed by atoms with Gasteiger partial charge in [-0.15, -0.1) is 0 Å². The van der Waals surface area contributed by atoms with Gasteiger partial charge in [-0.25, -0.2) is 9.82 Å². The van der Waals surface area contributed by atoms with E-state index in [0.717, 1.165) is 10.0 Å². The zero-order valence-electron chi connectivity index (χ0n) is 14.2. The Balaban J connectivity index is 1.71. The van der Waals surface area contributed by atoms with Crippen molar-refractivity contribution in [2.45, 2.75) is 6.61 Å². The lowest BCUT2D eigenvalue weighted by Crippen LogP contribution is -2.19. The summed E-state index contributed by atoms with van der Waals surface area (Å²) < 4.78 is 20.1. The highest BCUT2D eigenvalue weighted by atomic mass is 79.9. The first-order valence-corrected chi connectivity index (χ1v) is 8.97. The molecule has 1 amide bonds. The van der Waals surface area contributed by atoms with Gasteiger partial charge in [-0.3, -0.25) is 4.79 Å². The lowest BCUT2D eigenvalue weighted by molar-refractivity contribution is 0.0950. The van der Waals surface area contributed by atoms with Crippen LogP contribution in [0.1, 0.15) is 21.5 Å². The number of hydrogen-bond donors (Lipinski definition) is 1. The van der Waals surface area contributed by atoms with E-state index in [9.17, 15) is 9.18 Å². The van der Waals surface area contributed by atoms with Crippen molar-refractivity contribution in [2.24, 2.45) is 5.10 Å². The summed E-state index contributed by atoms with van der Waals surface area (Å²) in [5.41, 5.74) is 4.00. The Bertz CT molecular complexity index is 961. The van der Waals surface area contributed by atoms with Crippen molar-refractivity contribution in [2.75, 3.05) is 0 Å². The number of ether oxygens (including phenoxy) is 1. The highest BCUT2D eigenvalue weighted by Crippen LogP contribution is 2.24. The fourth-order valence-electron chi connectivity index (χ4n) is 2.34.